The standard InChI is InChI=1S/C12H16BrFN2O/c1-8(6-15-2)7-16-12(17)10-4-3-9(14)5-11(10)13/h3-5,8,15H,6-7H2,1-2H3,(H,16,17). The highest BCUT2D eigenvalue weighted by atomic mass is 79.9. The molecule has 0 aliphatic carbocycles. The maximum Gasteiger partial charge on any atom is 0.252 e. The molecule has 5 heteroatoms. The van der Waals surface area contributed by atoms with E-state index in [4.69, 9.17) is 0 Å². The summed E-state index contributed by atoms with van der Waals surface area (Å²) in [7, 11) is 1.87. The van der Waals surface area contributed by atoms with Gasteiger partial charge in [0.15, 0.2) is 0 Å². The molecule has 0 fully saturated rings. The van der Waals surface area contributed by atoms with Crippen molar-refractivity contribution in [3.63, 3.8) is 0 Å². The van der Waals surface area contributed by atoms with Crippen molar-refractivity contribution in [1.29, 1.82) is 0 Å². The van der Waals surface area contributed by atoms with Crippen LogP contribution in [-0.2, 0) is 0 Å². The smallest absolute Gasteiger partial charge is 0.252 e. The molecule has 1 aromatic rings. The van der Waals surface area contributed by atoms with Crippen LogP contribution >= 0.6 is 15.9 Å². The summed E-state index contributed by atoms with van der Waals surface area (Å²) in [5.41, 5.74) is 0.447. The van der Waals surface area contributed by atoms with Crippen molar-refractivity contribution in [1.82, 2.24) is 10.6 Å². The molecule has 0 radical (unpaired) electrons. The summed E-state index contributed by atoms with van der Waals surface area (Å²) >= 11 is 3.17. The van der Waals surface area contributed by atoms with Crippen molar-refractivity contribution < 1.29 is 9.18 Å². The summed E-state index contributed by atoms with van der Waals surface area (Å²) in [4.78, 5) is 11.8. The van der Waals surface area contributed by atoms with Crippen molar-refractivity contribution in [2.24, 2.45) is 5.92 Å². The third-order valence-electron chi connectivity index (χ3n) is 2.34. The first-order valence-corrected chi connectivity index (χ1v) is 6.21. The summed E-state index contributed by atoms with van der Waals surface area (Å²) in [5, 5.41) is 5.85. The van der Waals surface area contributed by atoms with E-state index in [2.05, 4.69) is 26.6 Å². The summed E-state index contributed by atoms with van der Waals surface area (Å²) in [6.07, 6.45) is 0. The zero-order valence-electron chi connectivity index (χ0n) is 9.89. The zero-order valence-corrected chi connectivity index (χ0v) is 11.5. The number of rotatable bonds is 5. The summed E-state index contributed by atoms with van der Waals surface area (Å²) in [6, 6.07) is 4.03. The van der Waals surface area contributed by atoms with Crippen molar-refractivity contribution in [3.05, 3.63) is 34.1 Å². The molecule has 0 aliphatic heterocycles. The number of hydrogen-bond donors (Lipinski definition) is 2. The van der Waals surface area contributed by atoms with E-state index >= 15 is 0 Å². The third-order valence-corrected chi connectivity index (χ3v) is 3.00. The Morgan fingerprint density at radius 2 is 2.18 bits per heavy atom. The number of hydrogen-bond acceptors (Lipinski definition) is 2. The van der Waals surface area contributed by atoms with Crippen LogP contribution in [0.15, 0.2) is 22.7 Å². The van der Waals surface area contributed by atoms with Gasteiger partial charge in [-0.2, -0.15) is 0 Å². The molecule has 17 heavy (non-hydrogen) atoms. The zero-order chi connectivity index (χ0) is 12.8. The normalized spacial score (nSPS) is 12.2. The quantitative estimate of drug-likeness (QED) is 0.875. The predicted octanol–water partition coefficient (Wildman–Crippen LogP) is 2.17. The van der Waals surface area contributed by atoms with Gasteiger partial charge in [-0.3, -0.25) is 4.79 Å². The Kier molecular flexibility index (Phi) is 5.58. The maximum atomic E-state index is 12.9. The minimum absolute atomic E-state index is 0.195. The minimum atomic E-state index is -0.364. The van der Waals surface area contributed by atoms with E-state index in [1.807, 2.05) is 14.0 Å². The first-order valence-electron chi connectivity index (χ1n) is 5.42. The molecule has 1 unspecified atom stereocenters. The lowest BCUT2D eigenvalue weighted by Gasteiger charge is -2.12. The fourth-order valence-corrected chi connectivity index (χ4v) is 1.99. The lowest BCUT2D eigenvalue weighted by atomic mass is 10.1. The molecule has 0 spiro atoms. The molecule has 0 heterocycles. The van der Waals surface area contributed by atoms with Gasteiger partial charge in [-0.05, 0) is 53.6 Å². The van der Waals surface area contributed by atoms with Gasteiger partial charge in [-0.25, -0.2) is 4.39 Å². The third kappa shape index (κ3) is 4.44. The van der Waals surface area contributed by atoms with Crippen LogP contribution in [0.4, 0.5) is 4.39 Å². The Morgan fingerprint density at radius 3 is 2.76 bits per heavy atom. The molecule has 0 bridgehead atoms. The Morgan fingerprint density at radius 1 is 1.47 bits per heavy atom. The predicted molar refractivity (Wildman–Crippen MR) is 69.5 cm³/mol. The molecule has 0 aromatic heterocycles. The molecule has 0 saturated carbocycles. The average molecular weight is 303 g/mol. The van der Waals surface area contributed by atoms with E-state index in [9.17, 15) is 9.18 Å². The van der Waals surface area contributed by atoms with E-state index in [-0.39, 0.29) is 11.7 Å². The van der Waals surface area contributed by atoms with Gasteiger partial charge in [0.25, 0.3) is 5.91 Å². The second-order valence-electron chi connectivity index (χ2n) is 4.00. The molecule has 1 atom stereocenters. The SMILES string of the molecule is CNCC(C)CNC(=O)c1ccc(F)cc1Br. The van der Waals surface area contributed by atoms with E-state index in [1.54, 1.807) is 0 Å². The second-order valence-corrected chi connectivity index (χ2v) is 4.85. The van der Waals surface area contributed by atoms with Gasteiger partial charge in [-0.15, -0.1) is 0 Å². The molecule has 0 saturated heterocycles. The number of carbonyl (C=O) groups excluding carboxylic acids is 1. The molecule has 1 rings (SSSR count). The number of benzene rings is 1. The average Bonchev–Trinajstić information content (AvgIpc) is 2.26. The topological polar surface area (TPSA) is 41.1 Å². The van der Waals surface area contributed by atoms with Crippen LogP contribution in [0.5, 0.6) is 0 Å². The number of nitrogens with one attached hydrogen (secondary N) is 2. The van der Waals surface area contributed by atoms with E-state index in [0.29, 0.717) is 22.5 Å². The molecule has 1 amide bonds. The van der Waals surface area contributed by atoms with Gasteiger partial charge in [0.1, 0.15) is 5.82 Å². The van der Waals surface area contributed by atoms with Crippen LogP contribution in [-0.4, -0.2) is 26.0 Å². The molecule has 1 aromatic carbocycles. The first-order chi connectivity index (χ1) is 8.04. The molecular weight excluding hydrogens is 287 g/mol. The Hall–Kier alpha value is -0.940. The fourth-order valence-electron chi connectivity index (χ4n) is 1.46. The highest BCUT2D eigenvalue weighted by Crippen LogP contribution is 2.17. The fraction of sp³-hybridized carbons (Fsp3) is 0.417. The van der Waals surface area contributed by atoms with Crippen LogP contribution in [0.3, 0.4) is 0 Å². The highest BCUT2D eigenvalue weighted by Gasteiger charge is 2.11. The molecular formula is C12H16BrFN2O. The van der Waals surface area contributed by atoms with E-state index in [1.165, 1.54) is 18.2 Å². The van der Waals surface area contributed by atoms with Crippen LogP contribution in [0.2, 0.25) is 0 Å². The number of amides is 1. The Balaban J connectivity index is 2.58. The van der Waals surface area contributed by atoms with Crippen LogP contribution in [0.1, 0.15) is 17.3 Å². The van der Waals surface area contributed by atoms with Crippen LogP contribution < -0.4 is 10.6 Å². The molecule has 94 valence electrons. The summed E-state index contributed by atoms with van der Waals surface area (Å²) in [5.74, 6) is -0.208. The highest BCUT2D eigenvalue weighted by molar-refractivity contribution is 9.10. The van der Waals surface area contributed by atoms with Crippen molar-refractivity contribution in [2.45, 2.75) is 6.92 Å². The van der Waals surface area contributed by atoms with Gasteiger partial charge in [-0.1, -0.05) is 6.92 Å². The Labute approximate surface area is 109 Å². The second kappa shape index (κ2) is 6.71. The van der Waals surface area contributed by atoms with Gasteiger partial charge < -0.3 is 10.6 Å². The number of carbonyl (C=O) groups is 1. The largest absolute Gasteiger partial charge is 0.352 e. The maximum absolute atomic E-state index is 12.9. The summed E-state index contributed by atoms with van der Waals surface area (Å²) in [6.45, 7) is 3.46. The lowest BCUT2D eigenvalue weighted by Crippen LogP contribution is -2.32. The lowest BCUT2D eigenvalue weighted by molar-refractivity contribution is 0.0947. The van der Waals surface area contributed by atoms with Gasteiger partial charge in [0, 0.05) is 11.0 Å². The molecule has 3 nitrogen and oxygen atoms in total. The minimum Gasteiger partial charge on any atom is -0.352 e. The van der Waals surface area contributed by atoms with Crippen LogP contribution in [0, 0.1) is 11.7 Å². The van der Waals surface area contributed by atoms with Gasteiger partial charge in [0.2, 0.25) is 0 Å². The monoisotopic (exact) mass is 302 g/mol. The van der Waals surface area contributed by atoms with Gasteiger partial charge in [0.05, 0.1) is 5.56 Å². The molecule has 2 N–H and O–H groups in total. The van der Waals surface area contributed by atoms with Crippen molar-refractivity contribution in [3.8, 4) is 0 Å². The van der Waals surface area contributed by atoms with Gasteiger partial charge >= 0.3 is 0 Å². The first kappa shape index (κ1) is 14.1. The van der Waals surface area contributed by atoms with Crippen molar-refractivity contribution >= 4 is 21.8 Å². The number of halogens is 2. The molecule has 0 aliphatic rings. The van der Waals surface area contributed by atoms with Crippen LogP contribution in [0.25, 0.3) is 0 Å². The van der Waals surface area contributed by atoms with E-state index < -0.39 is 0 Å². The Bertz CT molecular complexity index is 398. The summed E-state index contributed by atoms with van der Waals surface area (Å²) < 4.78 is 13.3. The van der Waals surface area contributed by atoms with E-state index in [0.717, 1.165) is 6.54 Å². The van der Waals surface area contributed by atoms with Crippen molar-refractivity contribution in [2.75, 3.05) is 20.1 Å².